The number of benzene rings is 3. The Morgan fingerprint density at radius 3 is 1.93 bits per heavy atom. The lowest BCUT2D eigenvalue weighted by molar-refractivity contribution is -0.192. The number of aryl methyl sites for hydroxylation is 2. The number of carbonyl (C=O) groups excluding carboxylic acids is 2. The molecule has 4 rings (SSSR count). The number of fused-ring (bicyclic) bond motifs is 1. The van der Waals surface area contributed by atoms with Crippen LogP contribution in [0, 0.1) is 0 Å². The maximum absolute atomic E-state index is 12.6. The SMILES string of the molecule is NC(=O)c1ccc2c(c1)CCC2.NCc1cc(N(CC(=O)O)C(=O)c2ccccc2)ccc1C(=O)O.O=C(O)C(F)(F)F. The molecule has 7 N–H and O–H groups in total. The van der Waals surface area contributed by atoms with Gasteiger partial charge in [0.05, 0.1) is 5.56 Å². The van der Waals surface area contributed by atoms with Gasteiger partial charge in [-0.15, -0.1) is 0 Å². The van der Waals surface area contributed by atoms with Crippen molar-refractivity contribution in [2.75, 3.05) is 11.4 Å². The highest BCUT2D eigenvalue weighted by Crippen LogP contribution is 2.23. The van der Waals surface area contributed by atoms with Crippen LogP contribution in [0.4, 0.5) is 18.9 Å². The zero-order valence-electron chi connectivity index (χ0n) is 22.5. The van der Waals surface area contributed by atoms with Crippen molar-refractivity contribution in [3.63, 3.8) is 0 Å². The molecule has 0 spiro atoms. The lowest BCUT2D eigenvalue weighted by Gasteiger charge is -2.22. The van der Waals surface area contributed by atoms with Crippen LogP contribution < -0.4 is 16.4 Å². The molecule has 3 aromatic rings. The number of nitrogens with two attached hydrogens (primary N) is 2. The summed E-state index contributed by atoms with van der Waals surface area (Å²) in [6.07, 6.45) is -1.64. The molecule has 0 bridgehead atoms. The van der Waals surface area contributed by atoms with Gasteiger partial charge in [-0.05, 0) is 78.4 Å². The highest BCUT2D eigenvalue weighted by atomic mass is 19.4. The number of anilines is 1. The summed E-state index contributed by atoms with van der Waals surface area (Å²) in [5, 5.41) is 25.4. The van der Waals surface area contributed by atoms with Gasteiger partial charge in [0.25, 0.3) is 5.91 Å². The van der Waals surface area contributed by atoms with Crippen LogP contribution in [0.25, 0.3) is 0 Å². The smallest absolute Gasteiger partial charge is 0.480 e. The Balaban J connectivity index is 0.000000279. The Hall–Kier alpha value is -5.24. The second kappa shape index (κ2) is 15.1. The lowest BCUT2D eigenvalue weighted by Crippen LogP contribution is -2.36. The standard InChI is InChI=1S/C17H16N2O5.C10H11NO.C2HF3O2/c18-9-12-8-13(6-7-14(12)17(23)24)19(10-15(20)21)16(22)11-4-2-1-3-5-11;11-10(12)9-5-4-7-2-1-3-8(7)6-9;3-2(4,5)1(6)7/h1-8H,9-10,18H2,(H,20,21)(H,23,24);4-6H,1-3H2,(H2,11,12);(H,6,7). The Labute approximate surface area is 243 Å². The van der Waals surface area contributed by atoms with E-state index >= 15 is 0 Å². The second-order valence-electron chi connectivity index (χ2n) is 9.01. The highest BCUT2D eigenvalue weighted by Gasteiger charge is 2.38. The summed E-state index contributed by atoms with van der Waals surface area (Å²) in [7, 11) is 0. The zero-order chi connectivity index (χ0) is 32.3. The molecule has 14 heteroatoms. The maximum Gasteiger partial charge on any atom is 0.490 e. The predicted octanol–water partition coefficient (Wildman–Crippen LogP) is 3.48. The first-order valence-corrected chi connectivity index (χ1v) is 12.5. The third-order valence-electron chi connectivity index (χ3n) is 6.04. The quantitative estimate of drug-likeness (QED) is 0.268. The van der Waals surface area contributed by atoms with E-state index in [1.165, 1.54) is 35.7 Å². The summed E-state index contributed by atoms with van der Waals surface area (Å²) >= 11 is 0. The van der Waals surface area contributed by atoms with Gasteiger partial charge in [-0.2, -0.15) is 13.2 Å². The van der Waals surface area contributed by atoms with Gasteiger partial charge in [0, 0.05) is 23.4 Å². The van der Waals surface area contributed by atoms with Gasteiger partial charge < -0.3 is 26.8 Å². The summed E-state index contributed by atoms with van der Waals surface area (Å²) in [5.41, 5.74) is 15.0. The van der Waals surface area contributed by atoms with Crippen molar-refractivity contribution in [2.24, 2.45) is 11.5 Å². The molecule has 11 nitrogen and oxygen atoms in total. The normalized spacial score (nSPS) is 11.5. The number of nitrogens with zero attached hydrogens (tertiary/aromatic N) is 1. The van der Waals surface area contributed by atoms with E-state index in [9.17, 15) is 32.3 Å². The minimum atomic E-state index is -5.08. The zero-order valence-corrected chi connectivity index (χ0v) is 22.5. The van der Waals surface area contributed by atoms with Crippen LogP contribution >= 0.6 is 0 Å². The molecule has 0 saturated carbocycles. The molecule has 0 aromatic heterocycles. The number of carboxylic acids is 3. The number of alkyl halides is 3. The summed E-state index contributed by atoms with van der Waals surface area (Å²) in [6, 6.07) is 18.1. The van der Waals surface area contributed by atoms with Crippen LogP contribution in [0.5, 0.6) is 0 Å². The van der Waals surface area contributed by atoms with E-state index in [0.717, 1.165) is 17.7 Å². The molecule has 0 unspecified atom stereocenters. The Morgan fingerprint density at radius 2 is 1.42 bits per heavy atom. The van der Waals surface area contributed by atoms with E-state index in [0.29, 0.717) is 16.7 Å². The van der Waals surface area contributed by atoms with E-state index < -0.39 is 36.5 Å². The highest BCUT2D eigenvalue weighted by molar-refractivity contribution is 6.08. The number of aromatic carboxylic acids is 1. The molecule has 228 valence electrons. The maximum atomic E-state index is 12.6. The third kappa shape index (κ3) is 9.97. The largest absolute Gasteiger partial charge is 0.490 e. The van der Waals surface area contributed by atoms with Crippen LogP contribution in [0.15, 0.2) is 66.7 Å². The average molecular weight is 604 g/mol. The number of primary amides is 1. The van der Waals surface area contributed by atoms with E-state index in [1.807, 2.05) is 18.2 Å². The number of aliphatic carboxylic acids is 2. The number of hydrogen-bond acceptors (Lipinski definition) is 6. The Morgan fingerprint density at radius 1 is 0.814 bits per heavy atom. The molecule has 0 radical (unpaired) electrons. The van der Waals surface area contributed by atoms with Gasteiger partial charge in [0.1, 0.15) is 6.54 Å². The fourth-order valence-electron chi connectivity index (χ4n) is 4.00. The molecule has 3 aromatic carbocycles. The molecule has 0 fully saturated rings. The summed E-state index contributed by atoms with van der Waals surface area (Å²) in [6.45, 7) is -0.597. The minimum Gasteiger partial charge on any atom is -0.480 e. The van der Waals surface area contributed by atoms with Crippen molar-refractivity contribution in [2.45, 2.75) is 32.0 Å². The monoisotopic (exact) mass is 603 g/mol. The van der Waals surface area contributed by atoms with Crippen LogP contribution in [0.1, 0.15) is 54.2 Å². The van der Waals surface area contributed by atoms with Crippen LogP contribution in [0.2, 0.25) is 0 Å². The lowest BCUT2D eigenvalue weighted by atomic mass is 10.1. The van der Waals surface area contributed by atoms with E-state index in [1.54, 1.807) is 30.3 Å². The van der Waals surface area contributed by atoms with Crippen molar-refractivity contribution in [3.8, 4) is 0 Å². The van der Waals surface area contributed by atoms with E-state index in [-0.39, 0.29) is 23.7 Å². The van der Waals surface area contributed by atoms with Gasteiger partial charge in [-0.25, -0.2) is 9.59 Å². The van der Waals surface area contributed by atoms with Gasteiger partial charge in [0.2, 0.25) is 5.91 Å². The molecule has 0 aliphatic heterocycles. The van der Waals surface area contributed by atoms with Crippen LogP contribution in [0.3, 0.4) is 0 Å². The summed E-state index contributed by atoms with van der Waals surface area (Å²) in [5.74, 6) is -5.90. The van der Waals surface area contributed by atoms with E-state index in [2.05, 4.69) is 0 Å². The molecule has 1 aliphatic carbocycles. The van der Waals surface area contributed by atoms with E-state index in [4.69, 9.17) is 31.6 Å². The molecule has 0 heterocycles. The topological polar surface area (TPSA) is 201 Å². The van der Waals surface area contributed by atoms with Gasteiger partial charge >= 0.3 is 24.1 Å². The first-order valence-electron chi connectivity index (χ1n) is 12.5. The number of carbonyl (C=O) groups is 5. The molecule has 0 atom stereocenters. The van der Waals surface area contributed by atoms with Crippen molar-refractivity contribution >= 4 is 35.4 Å². The Kier molecular flexibility index (Phi) is 11.9. The van der Waals surface area contributed by atoms with Gasteiger partial charge in [0.15, 0.2) is 0 Å². The van der Waals surface area contributed by atoms with Crippen molar-refractivity contribution in [1.82, 2.24) is 0 Å². The average Bonchev–Trinajstić information content (AvgIpc) is 3.44. The predicted molar refractivity (Wildman–Crippen MR) is 148 cm³/mol. The fraction of sp³-hybridized carbons (Fsp3) is 0.207. The van der Waals surface area contributed by atoms with Crippen molar-refractivity contribution in [3.05, 3.63) is 100 Å². The number of amides is 2. The molecule has 0 saturated heterocycles. The van der Waals surface area contributed by atoms with Crippen molar-refractivity contribution in [1.29, 1.82) is 0 Å². The van der Waals surface area contributed by atoms with Crippen molar-refractivity contribution < 1.29 is 52.5 Å². The number of hydrogen-bond donors (Lipinski definition) is 5. The molecular weight excluding hydrogens is 575 g/mol. The molecule has 1 aliphatic rings. The molecule has 43 heavy (non-hydrogen) atoms. The first kappa shape index (κ1) is 34.0. The first-order chi connectivity index (χ1) is 20.1. The fourth-order valence-corrected chi connectivity index (χ4v) is 4.00. The summed E-state index contributed by atoms with van der Waals surface area (Å²) in [4.78, 5) is 55.7. The van der Waals surface area contributed by atoms with Crippen LogP contribution in [-0.2, 0) is 29.0 Å². The van der Waals surface area contributed by atoms with Gasteiger partial charge in [-0.1, -0.05) is 24.3 Å². The summed E-state index contributed by atoms with van der Waals surface area (Å²) < 4.78 is 31.7. The molecular formula is C29H28F3N3O8. The number of halogens is 3. The van der Waals surface area contributed by atoms with Gasteiger partial charge in [-0.3, -0.25) is 19.3 Å². The number of rotatable bonds is 7. The number of carboxylic acid groups (broad SMARTS) is 3. The third-order valence-corrected chi connectivity index (χ3v) is 6.04. The second-order valence-corrected chi connectivity index (χ2v) is 9.01. The Bertz CT molecular complexity index is 1490. The van der Waals surface area contributed by atoms with Crippen LogP contribution in [-0.4, -0.2) is 57.8 Å². The molecule has 2 amide bonds. The minimum absolute atomic E-state index is 0.0173.